The molecule has 1 saturated carbocycles. The molecule has 0 spiro atoms. The molecule has 1 heterocycles. The van der Waals surface area contributed by atoms with E-state index in [0.29, 0.717) is 0 Å². The Morgan fingerprint density at radius 1 is 1.32 bits per heavy atom. The van der Waals surface area contributed by atoms with E-state index in [9.17, 15) is 15.0 Å². The van der Waals surface area contributed by atoms with Gasteiger partial charge >= 0.3 is 5.97 Å². The summed E-state index contributed by atoms with van der Waals surface area (Å²) in [6.45, 7) is 6.29. The van der Waals surface area contributed by atoms with Crippen LogP contribution in [-0.2, 0) is 9.53 Å². The molecule has 0 radical (unpaired) electrons. The maximum absolute atomic E-state index is 11.8. The summed E-state index contributed by atoms with van der Waals surface area (Å²) >= 11 is 0. The Bertz CT molecular complexity index is 467. The Hall–Kier alpha value is -0.870. The van der Waals surface area contributed by atoms with Gasteiger partial charge in [-0.15, -0.1) is 0 Å². The van der Waals surface area contributed by atoms with E-state index in [1.54, 1.807) is 0 Å². The van der Waals surface area contributed by atoms with Gasteiger partial charge in [0, 0.05) is 11.3 Å². The second-order valence-corrected chi connectivity index (χ2v) is 7.24. The molecule has 0 bridgehead atoms. The van der Waals surface area contributed by atoms with E-state index >= 15 is 0 Å². The molecule has 3 aliphatic rings. The summed E-state index contributed by atoms with van der Waals surface area (Å²) in [6, 6.07) is 0. The maximum Gasteiger partial charge on any atom is 0.336 e. The predicted octanol–water partition coefficient (Wildman–Crippen LogP) is 1.41. The molecule has 3 rings (SSSR count). The van der Waals surface area contributed by atoms with Crippen molar-refractivity contribution < 1.29 is 19.7 Å². The minimum atomic E-state index is -1.24. The number of carbonyl (C=O) groups is 1. The van der Waals surface area contributed by atoms with E-state index in [1.807, 2.05) is 6.92 Å². The predicted molar refractivity (Wildman–Crippen MR) is 69.2 cm³/mol. The van der Waals surface area contributed by atoms with Crippen LogP contribution in [0.25, 0.3) is 0 Å². The quantitative estimate of drug-likeness (QED) is 0.651. The highest BCUT2D eigenvalue weighted by Gasteiger charge is 2.66. The van der Waals surface area contributed by atoms with Crippen molar-refractivity contribution in [2.75, 3.05) is 6.61 Å². The SMILES string of the molecule is CC1(C)CCC[C@@]2(C)C1[C@H](O)C=C1C(=O)OC[C@@]12O. The molecule has 4 nitrogen and oxygen atoms in total. The first kappa shape index (κ1) is 13.1. The molecule has 2 fully saturated rings. The van der Waals surface area contributed by atoms with Gasteiger partial charge in [0.15, 0.2) is 0 Å². The smallest absolute Gasteiger partial charge is 0.336 e. The van der Waals surface area contributed by atoms with Crippen LogP contribution in [0.2, 0.25) is 0 Å². The van der Waals surface area contributed by atoms with Crippen LogP contribution in [0.15, 0.2) is 11.6 Å². The van der Waals surface area contributed by atoms with E-state index in [-0.39, 0.29) is 23.5 Å². The van der Waals surface area contributed by atoms with Gasteiger partial charge in [0.2, 0.25) is 0 Å². The van der Waals surface area contributed by atoms with Gasteiger partial charge in [0.25, 0.3) is 0 Å². The number of cyclic esters (lactones) is 1. The lowest BCUT2D eigenvalue weighted by Crippen LogP contribution is -2.63. The third kappa shape index (κ3) is 1.44. The molecule has 0 aromatic rings. The molecule has 4 heteroatoms. The Morgan fingerprint density at radius 3 is 2.68 bits per heavy atom. The summed E-state index contributed by atoms with van der Waals surface area (Å²) in [5.41, 5.74) is -1.55. The van der Waals surface area contributed by atoms with Crippen molar-refractivity contribution in [3.05, 3.63) is 11.6 Å². The van der Waals surface area contributed by atoms with Crippen molar-refractivity contribution in [1.29, 1.82) is 0 Å². The summed E-state index contributed by atoms with van der Waals surface area (Å²) < 4.78 is 5.07. The maximum atomic E-state index is 11.8. The highest BCUT2D eigenvalue weighted by molar-refractivity contribution is 5.94. The van der Waals surface area contributed by atoms with E-state index in [1.165, 1.54) is 6.08 Å². The van der Waals surface area contributed by atoms with Crippen molar-refractivity contribution in [1.82, 2.24) is 0 Å². The minimum Gasteiger partial charge on any atom is -0.459 e. The molecule has 1 unspecified atom stereocenters. The number of carbonyl (C=O) groups excluding carboxylic acids is 1. The zero-order valence-corrected chi connectivity index (χ0v) is 11.8. The summed E-state index contributed by atoms with van der Waals surface area (Å²) in [6.07, 6.45) is 3.66. The topological polar surface area (TPSA) is 66.8 Å². The Balaban J connectivity index is 2.18. The largest absolute Gasteiger partial charge is 0.459 e. The lowest BCUT2D eigenvalue weighted by Gasteiger charge is -2.59. The number of ether oxygens (including phenoxy) is 1. The van der Waals surface area contributed by atoms with Crippen LogP contribution in [0.1, 0.15) is 40.0 Å². The van der Waals surface area contributed by atoms with Crippen LogP contribution in [-0.4, -0.2) is 34.5 Å². The van der Waals surface area contributed by atoms with Crippen molar-refractivity contribution in [3.8, 4) is 0 Å². The third-order valence-electron chi connectivity index (χ3n) is 5.75. The fourth-order valence-corrected chi connectivity index (χ4v) is 4.83. The molecular formula is C15H22O4. The normalized spacial score (nSPS) is 48.1. The number of aliphatic hydroxyl groups is 2. The van der Waals surface area contributed by atoms with Gasteiger partial charge in [0.1, 0.15) is 12.2 Å². The van der Waals surface area contributed by atoms with E-state index in [4.69, 9.17) is 4.74 Å². The zero-order valence-electron chi connectivity index (χ0n) is 11.8. The Kier molecular flexibility index (Phi) is 2.50. The van der Waals surface area contributed by atoms with E-state index in [0.717, 1.165) is 19.3 Å². The third-order valence-corrected chi connectivity index (χ3v) is 5.75. The molecular weight excluding hydrogens is 244 g/mol. The van der Waals surface area contributed by atoms with Crippen molar-refractivity contribution >= 4 is 5.97 Å². The fourth-order valence-electron chi connectivity index (χ4n) is 4.83. The van der Waals surface area contributed by atoms with Gasteiger partial charge in [-0.1, -0.05) is 27.2 Å². The number of aliphatic hydroxyl groups excluding tert-OH is 1. The van der Waals surface area contributed by atoms with Gasteiger partial charge in [-0.25, -0.2) is 4.79 Å². The monoisotopic (exact) mass is 266 g/mol. The number of rotatable bonds is 0. The van der Waals surface area contributed by atoms with Gasteiger partial charge in [-0.2, -0.15) is 0 Å². The van der Waals surface area contributed by atoms with Crippen LogP contribution in [0.3, 0.4) is 0 Å². The fraction of sp³-hybridized carbons (Fsp3) is 0.800. The van der Waals surface area contributed by atoms with Crippen molar-refractivity contribution in [2.45, 2.75) is 51.7 Å². The molecule has 1 saturated heterocycles. The molecule has 2 N–H and O–H groups in total. The second-order valence-electron chi connectivity index (χ2n) is 7.24. The van der Waals surface area contributed by atoms with Crippen molar-refractivity contribution in [2.24, 2.45) is 16.7 Å². The molecule has 2 aliphatic carbocycles. The van der Waals surface area contributed by atoms with Crippen molar-refractivity contribution in [3.63, 3.8) is 0 Å². The van der Waals surface area contributed by atoms with Crippen LogP contribution in [0.5, 0.6) is 0 Å². The molecule has 1 aliphatic heterocycles. The molecule has 0 aromatic carbocycles. The molecule has 4 atom stereocenters. The average molecular weight is 266 g/mol. The van der Waals surface area contributed by atoms with Crippen LogP contribution < -0.4 is 0 Å². The van der Waals surface area contributed by atoms with E-state index in [2.05, 4.69) is 13.8 Å². The number of esters is 1. The first-order valence-corrected chi connectivity index (χ1v) is 7.02. The summed E-state index contributed by atoms with van der Waals surface area (Å²) in [5.74, 6) is -0.540. The molecule has 106 valence electrons. The first-order chi connectivity index (χ1) is 8.72. The van der Waals surface area contributed by atoms with Gasteiger partial charge in [-0.05, 0) is 24.3 Å². The van der Waals surface area contributed by atoms with Crippen LogP contribution in [0.4, 0.5) is 0 Å². The highest BCUT2D eigenvalue weighted by Crippen LogP contribution is 2.62. The number of fused-ring (bicyclic) bond motifs is 3. The van der Waals surface area contributed by atoms with E-state index < -0.39 is 23.1 Å². The molecule has 0 amide bonds. The second kappa shape index (κ2) is 3.61. The molecule has 0 aromatic heterocycles. The zero-order chi connectivity index (χ0) is 14.1. The summed E-state index contributed by atoms with van der Waals surface area (Å²) in [5, 5.41) is 21.5. The minimum absolute atomic E-state index is 0.0213. The molecule has 19 heavy (non-hydrogen) atoms. The van der Waals surface area contributed by atoms with Gasteiger partial charge in [-0.3, -0.25) is 0 Å². The average Bonchev–Trinajstić information content (AvgIpc) is 2.57. The number of hydrogen-bond donors (Lipinski definition) is 2. The summed E-state index contributed by atoms with van der Waals surface area (Å²) in [4.78, 5) is 11.8. The Labute approximate surface area is 113 Å². The van der Waals surface area contributed by atoms with Crippen LogP contribution in [0, 0.1) is 16.7 Å². The Morgan fingerprint density at radius 2 is 2.00 bits per heavy atom. The number of hydrogen-bond acceptors (Lipinski definition) is 4. The lowest BCUT2D eigenvalue weighted by atomic mass is 9.46. The van der Waals surface area contributed by atoms with Gasteiger partial charge < -0.3 is 14.9 Å². The standard InChI is InChI=1S/C15H22O4/c1-13(2)5-4-6-14(3)11(13)10(16)7-9-12(17)19-8-15(9,14)18/h7,10-11,16,18H,4-6,8H2,1-3H3/t10-,11?,14+,15-/m1/s1. The van der Waals surface area contributed by atoms with Crippen LogP contribution >= 0.6 is 0 Å². The summed E-state index contributed by atoms with van der Waals surface area (Å²) in [7, 11) is 0. The lowest BCUT2D eigenvalue weighted by molar-refractivity contribution is -0.172. The highest BCUT2D eigenvalue weighted by atomic mass is 16.6. The van der Waals surface area contributed by atoms with Gasteiger partial charge in [0.05, 0.1) is 11.7 Å². The first-order valence-electron chi connectivity index (χ1n) is 7.02.